The standard InChI is InChI=1S/C26H25F4N7O3/c1-40-19-9-16(27)14(8-17(19)28)13-3-4-18(36-6-2-5-26(32,10-36)21(38)22(29)30)15(7-13)25(39)37-12-35-20-23(31)33-11-34-24(20)37/h3-4,7-9,11-12,21-22,38H,2,5-6,10,32H2,1H3,(H2,31,33,34)/t21-,26-/m1/s1. The molecule has 0 amide bonds. The van der Waals surface area contributed by atoms with E-state index < -0.39 is 35.6 Å². The third-order valence-electron chi connectivity index (χ3n) is 7.08. The number of aliphatic hydroxyl groups excluding tert-OH is 1. The number of imidazole rings is 1. The van der Waals surface area contributed by atoms with Gasteiger partial charge in [0.1, 0.15) is 24.6 Å². The highest BCUT2D eigenvalue weighted by Gasteiger charge is 2.43. The molecule has 5 rings (SSSR count). The van der Waals surface area contributed by atoms with Gasteiger partial charge in [0.2, 0.25) is 0 Å². The molecule has 0 bridgehead atoms. The lowest BCUT2D eigenvalue weighted by molar-refractivity contribution is -0.0529. The Morgan fingerprint density at radius 2 is 1.93 bits per heavy atom. The summed E-state index contributed by atoms with van der Waals surface area (Å²) in [5.41, 5.74) is 11.0. The fourth-order valence-electron chi connectivity index (χ4n) is 5.00. The SMILES string of the molecule is COc1cc(F)c(-c2ccc(N3CCC[C@](N)([C@H](O)C(F)F)C3)c(C(=O)n3cnc4c(N)ncnc43)c2)cc1F. The minimum atomic E-state index is -3.07. The van der Waals surface area contributed by atoms with Crippen LogP contribution in [0, 0.1) is 11.6 Å². The summed E-state index contributed by atoms with van der Waals surface area (Å²) < 4.78 is 62.3. The number of fused-ring (bicyclic) bond motifs is 1. The molecule has 0 spiro atoms. The lowest BCUT2D eigenvalue weighted by Gasteiger charge is -2.44. The molecule has 2 atom stereocenters. The fraction of sp³-hybridized carbons (Fsp3) is 0.308. The van der Waals surface area contributed by atoms with E-state index in [1.807, 2.05) is 0 Å². The normalized spacial score (nSPS) is 18.4. The number of hydrogen-bond acceptors (Lipinski definition) is 9. The van der Waals surface area contributed by atoms with Gasteiger partial charge in [-0.25, -0.2) is 37.1 Å². The second kappa shape index (κ2) is 10.4. The zero-order valence-electron chi connectivity index (χ0n) is 21.2. The lowest BCUT2D eigenvalue weighted by Crippen LogP contribution is -2.63. The van der Waals surface area contributed by atoms with Gasteiger partial charge in [-0.15, -0.1) is 0 Å². The Kier molecular flexibility index (Phi) is 7.06. The van der Waals surface area contributed by atoms with Crippen LogP contribution >= 0.6 is 0 Å². The summed E-state index contributed by atoms with van der Waals surface area (Å²) in [6.07, 6.45) is -2.31. The van der Waals surface area contributed by atoms with Gasteiger partial charge < -0.3 is 26.2 Å². The molecule has 1 saturated heterocycles. The number of anilines is 2. The first-order valence-corrected chi connectivity index (χ1v) is 12.2. The van der Waals surface area contributed by atoms with Crippen molar-refractivity contribution < 1.29 is 32.2 Å². The number of aromatic nitrogens is 4. The molecule has 40 heavy (non-hydrogen) atoms. The topological polar surface area (TPSA) is 145 Å². The number of hydrogen-bond donors (Lipinski definition) is 3. The highest BCUT2D eigenvalue weighted by atomic mass is 19.3. The zero-order valence-corrected chi connectivity index (χ0v) is 21.2. The molecule has 3 heterocycles. The summed E-state index contributed by atoms with van der Waals surface area (Å²) in [6, 6.07) is 6.16. The number of benzene rings is 2. The molecule has 0 unspecified atom stereocenters. The molecule has 1 aliphatic heterocycles. The number of nitrogens with two attached hydrogens (primary N) is 2. The highest BCUT2D eigenvalue weighted by molar-refractivity contribution is 6.06. The van der Waals surface area contributed by atoms with Crippen LogP contribution in [0.2, 0.25) is 0 Å². The third-order valence-corrected chi connectivity index (χ3v) is 7.08. The summed E-state index contributed by atoms with van der Waals surface area (Å²) in [6.45, 7) is 0.142. The molecule has 2 aromatic heterocycles. The number of nitrogen functional groups attached to an aromatic ring is 1. The maximum Gasteiger partial charge on any atom is 0.266 e. The quantitative estimate of drug-likeness (QED) is 0.304. The summed E-state index contributed by atoms with van der Waals surface area (Å²) in [5.74, 6) is -2.51. The first kappa shape index (κ1) is 27.3. The van der Waals surface area contributed by atoms with Crippen LogP contribution in [-0.4, -0.2) is 68.8 Å². The Bertz CT molecular complexity index is 1600. The van der Waals surface area contributed by atoms with Crippen LogP contribution in [0.3, 0.4) is 0 Å². The second-order valence-corrected chi connectivity index (χ2v) is 9.59. The van der Waals surface area contributed by atoms with Crippen LogP contribution < -0.4 is 21.1 Å². The first-order chi connectivity index (χ1) is 19.0. The Morgan fingerprint density at radius 1 is 1.15 bits per heavy atom. The van der Waals surface area contributed by atoms with E-state index in [2.05, 4.69) is 15.0 Å². The molecule has 14 heteroatoms. The number of ether oxygens (including phenoxy) is 1. The van der Waals surface area contributed by atoms with Crippen LogP contribution in [-0.2, 0) is 0 Å². The molecule has 0 saturated carbocycles. The maximum atomic E-state index is 15.0. The van der Waals surface area contributed by atoms with E-state index in [1.54, 1.807) is 4.90 Å². The third kappa shape index (κ3) is 4.69. The van der Waals surface area contributed by atoms with Crippen LogP contribution in [0.4, 0.5) is 29.1 Å². The van der Waals surface area contributed by atoms with Crippen molar-refractivity contribution in [1.29, 1.82) is 0 Å². The number of nitrogens with zero attached hydrogens (tertiary/aromatic N) is 5. The monoisotopic (exact) mass is 559 g/mol. The van der Waals surface area contributed by atoms with E-state index in [4.69, 9.17) is 16.2 Å². The molecule has 10 nitrogen and oxygen atoms in total. The van der Waals surface area contributed by atoms with E-state index in [1.165, 1.54) is 31.6 Å². The average molecular weight is 560 g/mol. The van der Waals surface area contributed by atoms with Gasteiger partial charge in [-0.3, -0.25) is 4.79 Å². The van der Waals surface area contributed by atoms with Crippen molar-refractivity contribution in [3.05, 3.63) is 60.2 Å². The van der Waals surface area contributed by atoms with Crippen molar-refractivity contribution in [2.24, 2.45) is 5.73 Å². The van der Waals surface area contributed by atoms with E-state index in [0.29, 0.717) is 13.0 Å². The van der Waals surface area contributed by atoms with Crippen molar-refractivity contribution in [3.63, 3.8) is 0 Å². The van der Waals surface area contributed by atoms with Crippen molar-refractivity contribution >= 4 is 28.6 Å². The average Bonchev–Trinajstić information content (AvgIpc) is 3.38. The Balaban J connectivity index is 1.65. The maximum absolute atomic E-state index is 15.0. The van der Waals surface area contributed by atoms with E-state index in [9.17, 15) is 27.5 Å². The van der Waals surface area contributed by atoms with Gasteiger partial charge in [0.25, 0.3) is 12.3 Å². The number of aliphatic hydroxyl groups is 1. The summed E-state index contributed by atoms with van der Waals surface area (Å²) >= 11 is 0. The van der Waals surface area contributed by atoms with Crippen LogP contribution in [0.15, 0.2) is 43.0 Å². The Labute approximate surface area is 225 Å². The van der Waals surface area contributed by atoms with Crippen LogP contribution in [0.1, 0.15) is 23.2 Å². The number of carbonyl (C=O) groups is 1. The number of methoxy groups -OCH3 is 1. The summed E-state index contributed by atoms with van der Waals surface area (Å²) in [4.78, 5) is 27.6. The van der Waals surface area contributed by atoms with Gasteiger partial charge in [0.15, 0.2) is 28.5 Å². The van der Waals surface area contributed by atoms with Crippen molar-refractivity contribution in [2.75, 3.05) is 30.8 Å². The highest BCUT2D eigenvalue weighted by Crippen LogP contribution is 2.36. The predicted molar refractivity (Wildman–Crippen MR) is 138 cm³/mol. The van der Waals surface area contributed by atoms with Gasteiger partial charge in [-0.2, -0.15) is 0 Å². The second-order valence-electron chi connectivity index (χ2n) is 9.59. The Hall–Kier alpha value is -4.30. The largest absolute Gasteiger partial charge is 0.494 e. The predicted octanol–water partition coefficient (Wildman–Crippen LogP) is 2.97. The lowest BCUT2D eigenvalue weighted by atomic mass is 9.84. The minimum absolute atomic E-state index is 0.000367. The first-order valence-electron chi connectivity index (χ1n) is 12.2. The van der Waals surface area contributed by atoms with Gasteiger partial charge in [0.05, 0.1) is 18.2 Å². The molecule has 1 fully saturated rings. The zero-order chi connectivity index (χ0) is 28.8. The van der Waals surface area contributed by atoms with Gasteiger partial charge in [0, 0.05) is 30.4 Å². The van der Waals surface area contributed by atoms with Gasteiger partial charge in [-0.05, 0) is 36.6 Å². The smallest absolute Gasteiger partial charge is 0.266 e. The molecular formula is C26H25F4N7O3. The molecule has 4 aromatic rings. The number of carbonyl (C=O) groups excluding carboxylic acids is 1. The van der Waals surface area contributed by atoms with E-state index in [0.717, 1.165) is 23.0 Å². The van der Waals surface area contributed by atoms with E-state index >= 15 is 0 Å². The Morgan fingerprint density at radius 3 is 2.65 bits per heavy atom. The molecule has 1 aliphatic rings. The summed E-state index contributed by atoms with van der Waals surface area (Å²) in [7, 11) is 1.20. The molecule has 5 N–H and O–H groups in total. The molecule has 2 aromatic carbocycles. The van der Waals surface area contributed by atoms with Crippen LogP contribution in [0.5, 0.6) is 5.75 Å². The molecule has 210 valence electrons. The minimum Gasteiger partial charge on any atom is -0.494 e. The van der Waals surface area contributed by atoms with Gasteiger partial charge >= 0.3 is 0 Å². The number of piperidine rings is 1. The fourth-order valence-corrected chi connectivity index (χ4v) is 5.00. The molecule has 0 aliphatic carbocycles. The molecular weight excluding hydrogens is 534 g/mol. The van der Waals surface area contributed by atoms with Crippen LogP contribution in [0.25, 0.3) is 22.3 Å². The number of alkyl halides is 2. The van der Waals surface area contributed by atoms with Crippen molar-refractivity contribution in [3.8, 4) is 16.9 Å². The van der Waals surface area contributed by atoms with E-state index in [-0.39, 0.29) is 58.1 Å². The van der Waals surface area contributed by atoms with Gasteiger partial charge in [-0.1, -0.05) is 6.07 Å². The number of rotatable bonds is 6. The number of halogens is 4. The summed E-state index contributed by atoms with van der Waals surface area (Å²) in [5, 5.41) is 10.1. The van der Waals surface area contributed by atoms with Crippen molar-refractivity contribution in [2.45, 2.75) is 30.9 Å². The van der Waals surface area contributed by atoms with Crippen molar-refractivity contribution in [1.82, 2.24) is 19.5 Å². The molecule has 0 radical (unpaired) electrons.